The number of carbonyl (C=O) groups excluding carboxylic acids is 2. The van der Waals surface area contributed by atoms with E-state index in [2.05, 4.69) is 56.1 Å². The molecule has 37 heavy (non-hydrogen) atoms. The highest BCUT2D eigenvalue weighted by Gasteiger charge is 2.32. The molecule has 4 rings (SSSR count). The van der Waals surface area contributed by atoms with Gasteiger partial charge in [0.15, 0.2) is 12.3 Å². The molecule has 0 aliphatic carbocycles. The number of nitrogens with zero attached hydrogens (tertiary/aromatic N) is 3. The van der Waals surface area contributed by atoms with Crippen LogP contribution in [0.2, 0.25) is 0 Å². The molecule has 0 N–H and O–H groups in total. The topological polar surface area (TPSA) is 75.9 Å². The minimum absolute atomic E-state index is 0.107. The summed E-state index contributed by atoms with van der Waals surface area (Å²) in [7, 11) is 0. The molecule has 2 heterocycles. The van der Waals surface area contributed by atoms with E-state index in [4.69, 9.17) is 9.15 Å². The first-order valence-corrected chi connectivity index (χ1v) is 13.2. The zero-order chi connectivity index (χ0) is 26.5. The molecule has 0 radical (unpaired) electrons. The molecule has 0 spiro atoms. The molecule has 2 amide bonds. The summed E-state index contributed by atoms with van der Waals surface area (Å²) in [4.78, 5) is 33.8. The molecule has 7 nitrogen and oxygen atoms in total. The highest BCUT2D eigenvalue weighted by molar-refractivity contribution is 5.91. The van der Waals surface area contributed by atoms with Gasteiger partial charge in [-0.3, -0.25) is 9.59 Å². The molecule has 0 bridgehead atoms. The Morgan fingerprint density at radius 3 is 2.54 bits per heavy atom. The Kier molecular flexibility index (Phi) is 8.31. The third kappa shape index (κ3) is 6.04. The lowest BCUT2D eigenvalue weighted by Crippen LogP contribution is -2.41. The van der Waals surface area contributed by atoms with Crippen LogP contribution in [-0.4, -0.2) is 46.2 Å². The van der Waals surface area contributed by atoms with Gasteiger partial charge in [-0.2, -0.15) is 0 Å². The first kappa shape index (κ1) is 26.5. The number of aromatic nitrogens is 1. The van der Waals surface area contributed by atoms with Crippen LogP contribution in [0.4, 0.5) is 0 Å². The number of amides is 2. The van der Waals surface area contributed by atoms with Crippen LogP contribution in [-0.2, 0) is 17.8 Å². The third-order valence-corrected chi connectivity index (χ3v) is 6.83. The van der Waals surface area contributed by atoms with Crippen molar-refractivity contribution in [2.24, 2.45) is 5.92 Å². The standard InChI is InChI=1S/C30H37N3O4/c1-6-32(7-2)30(35)26-18-37-27(31-26)19-36-24-13-12-22-14-15-33(28(34)16-20(3)4)29(25(22)17-24)23-10-8-21(5)9-11-23/h8-13,17-18,20,29H,6-7,14-16,19H2,1-5H3. The molecular weight excluding hydrogens is 466 g/mol. The lowest BCUT2D eigenvalue weighted by molar-refractivity contribution is -0.134. The van der Waals surface area contributed by atoms with Crippen molar-refractivity contribution in [3.8, 4) is 5.75 Å². The Balaban J connectivity index is 1.57. The van der Waals surface area contributed by atoms with Gasteiger partial charge in [-0.05, 0) is 61.9 Å². The Morgan fingerprint density at radius 1 is 1.14 bits per heavy atom. The Morgan fingerprint density at radius 2 is 1.86 bits per heavy atom. The molecule has 1 aromatic heterocycles. The number of rotatable bonds is 9. The maximum Gasteiger partial charge on any atom is 0.275 e. The fourth-order valence-electron chi connectivity index (χ4n) is 4.82. The van der Waals surface area contributed by atoms with Crippen molar-refractivity contribution in [1.29, 1.82) is 0 Å². The minimum atomic E-state index is -0.167. The van der Waals surface area contributed by atoms with Gasteiger partial charge < -0.3 is 19.0 Å². The molecule has 196 valence electrons. The summed E-state index contributed by atoms with van der Waals surface area (Å²) in [6.45, 7) is 12.1. The first-order chi connectivity index (χ1) is 17.8. The molecule has 1 atom stereocenters. The zero-order valence-corrected chi connectivity index (χ0v) is 22.5. The van der Waals surface area contributed by atoms with E-state index in [9.17, 15) is 9.59 Å². The van der Waals surface area contributed by atoms with Crippen molar-refractivity contribution >= 4 is 11.8 Å². The average molecular weight is 504 g/mol. The van der Waals surface area contributed by atoms with Crippen LogP contribution in [0.1, 0.15) is 78.8 Å². The summed E-state index contributed by atoms with van der Waals surface area (Å²) in [5, 5.41) is 0. The van der Waals surface area contributed by atoms with Gasteiger partial charge in [0, 0.05) is 26.1 Å². The predicted molar refractivity (Wildman–Crippen MR) is 142 cm³/mol. The monoisotopic (exact) mass is 503 g/mol. The first-order valence-electron chi connectivity index (χ1n) is 13.2. The van der Waals surface area contributed by atoms with Crippen molar-refractivity contribution < 1.29 is 18.7 Å². The summed E-state index contributed by atoms with van der Waals surface area (Å²) in [6.07, 6.45) is 2.71. The van der Waals surface area contributed by atoms with Crippen molar-refractivity contribution in [3.05, 3.63) is 82.6 Å². The van der Waals surface area contributed by atoms with Crippen molar-refractivity contribution in [2.45, 2.75) is 60.1 Å². The van der Waals surface area contributed by atoms with Crippen LogP contribution < -0.4 is 4.74 Å². The molecule has 7 heteroatoms. The largest absolute Gasteiger partial charge is 0.484 e. The number of ether oxygens (including phenoxy) is 1. The number of hydrogen-bond donors (Lipinski definition) is 0. The van der Waals surface area contributed by atoms with Gasteiger partial charge >= 0.3 is 0 Å². The summed E-state index contributed by atoms with van der Waals surface area (Å²) < 4.78 is 11.6. The Bertz CT molecular complexity index is 1230. The fourth-order valence-corrected chi connectivity index (χ4v) is 4.82. The molecular formula is C30H37N3O4. The van der Waals surface area contributed by atoms with E-state index < -0.39 is 0 Å². The summed E-state index contributed by atoms with van der Waals surface area (Å²) in [6, 6.07) is 14.3. The van der Waals surface area contributed by atoms with Gasteiger partial charge in [-0.15, -0.1) is 0 Å². The van der Waals surface area contributed by atoms with Gasteiger partial charge in [-0.1, -0.05) is 49.7 Å². The molecule has 1 aliphatic rings. The molecule has 0 saturated carbocycles. The van der Waals surface area contributed by atoms with E-state index in [0.717, 1.165) is 17.5 Å². The van der Waals surface area contributed by atoms with Crippen LogP contribution >= 0.6 is 0 Å². The number of fused-ring (bicyclic) bond motifs is 1. The van der Waals surface area contributed by atoms with E-state index >= 15 is 0 Å². The Labute approximate surface area is 219 Å². The van der Waals surface area contributed by atoms with Crippen LogP contribution in [0.5, 0.6) is 5.75 Å². The molecule has 1 unspecified atom stereocenters. The van der Waals surface area contributed by atoms with Crippen LogP contribution in [0, 0.1) is 12.8 Å². The lowest BCUT2D eigenvalue weighted by atomic mass is 9.87. The maximum absolute atomic E-state index is 13.3. The second-order valence-corrected chi connectivity index (χ2v) is 10.0. The van der Waals surface area contributed by atoms with Crippen molar-refractivity contribution in [2.75, 3.05) is 19.6 Å². The van der Waals surface area contributed by atoms with E-state index in [-0.39, 0.29) is 30.2 Å². The fraction of sp³-hybridized carbons (Fsp3) is 0.433. The van der Waals surface area contributed by atoms with Crippen LogP contribution in [0.25, 0.3) is 0 Å². The highest BCUT2D eigenvalue weighted by atomic mass is 16.5. The lowest BCUT2D eigenvalue weighted by Gasteiger charge is -2.38. The molecule has 0 fully saturated rings. The van der Waals surface area contributed by atoms with Crippen LogP contribution in [0.15, 0.2) is 53.1 Å². The van der Waals surface area contributed by atoms with Crippen molar-refractivity contribution in [1.82, 2.24) is 14.8 Å². The second-order valence-electron chi connectivity index (χ2n) is 10.0. The smallest absolute Gasteiger partial charge is 0.275 e. The zero-order valence-electron chi connectivity index (χ0n) is 22.5. The maximum atomic E-state index is 13.3. The van der Waals surface area contributed by atoms with Crippen LogP contribution in [0.3, 0.4) is 0 Å². The number of hydrogen-bond acceptors (Lipinski definition) is 5. The van der Waals surface area contributed by atoms with Gasteiger partial charge in [0.1, 0.15) is 12.0 Å². The minimum Gasteiger partial charge on any atom is -0.484 e. The van der Waals surface area contributed by atoms with Gasteiger partial charge in [0.2, 0.25) is 11.8 Å². The van der Waals surface area contributed by atoms with Gasteiger partial charge in [0.25, 0.3) is 5.91 Å². The van der Waals surface area contributed by atoms with E-state index in [1.54, 1.807) is 4.90 Å². The summed E-state index contributed by atoms with van der Waals surface area (Å²) >= 11 is 0. The third-order valence-electron chi connectivity index (χ3n) is 6.83. The van der Waals surface area contributed by atoms with E-state index in [1.807, 2.05) is 30.9 Å². The molecule has 3 aromatic rings. The second kappa shape index (κ2) is 11.6. The SMILES string of the molecule is CCN(CC)C(=O)c1coc(COc2ccc3c(c2)C(c2ccc(C)cc2)N(C(=O)CC(C)C)CC3)n1. The van der Waals surface area contributed by atoms with Gasteiger partial charge in [0.05, 0.1) is 6.04 Å². The van der Waals surface area contributed by atoms with Gasteiger partial charge in [-0.25, -0.2) is 4.98 Å². The van der Waals surface area contributed by atoms with E-state index in [1.165, 1.54) is 17.4 Å². The normalized spacial score (nSPS) is 15.0. The summed E-state index contributed by atoms with van der Waals surface area (Å²) in [5.74, 6) is 1.33. The number of aryl methyl sites for hydroxylation is 1. The van der Waals surface area contributed by atoms with E-state index in [0.29, 0.717) is 43.6 Å². The predicted octanol–water partition coefficient (Wildman–Crippen LogP) is 5.56. The summed E-state index contributed by atoms with van der Waals surface area (Å²) in [5.41, 5.74) is 4.85. The number of benzene rings is 2. The number of carbonyl (C=O) groups is 2. The molecule has 2 aromatic carbocycles. The molecule has 0 saturated heterocycles. The highest BCUT2D eigenvalue weighted by Crippen LogP contribution is 2.38. The van der Waals surface area contributed by atoms with Crippen molar-refractivity contribution in [3.63, 3.8) is 0 Å². The quantitative estimate of drug-likeness (QED) is 0.382. The molecule has 1 aliphatic heterocycles. The Hall–Kier alpha value is -3.61. The number of oxazole rings is 1. The average Bonchev–Trinajstić information content (AvgIpc) is 3.36.